The molecule has 138 valence electrons. The van der Waals surface area contributed by atoms with E-state index < -0.39 is 0 Å². The molecule has 1 aromatic carbocycles. The highest BCUT2D eigenvalue weighted by molar-refractivity contribution is 5.94. The van der Waals surface area contributed by atoms with Crippen LogP contribution in [0, 0.1) is 0 Å². The van der Waals surface area contributed by atoms with Gasteiger partial charge in [0, 0.05) is 44.1 Å². The summed E-state index contributed by atoms with van der Waals surface area (Å²) in [5, 5.41) is 6.93. The van der Waals surface area contributed by atoms with E-state index in [0.29, 0.717) is 17.8 Å². The van der Waals surface area contributed by atoms with Gasteiger partial charge in [-0.1, -0.05) is 30.3 Å². The lowest BCUT2D eigenvalue weighted by molar-refractivity contribution is 0.0651. The Morgan fingerprint density at radius 1 is 1.00 bits per heavy atom. The van der Waals surface area contributed by atoms with Crippen LogP contribution < -0.4 is 10.6 Å². The summed E-state index contributed by atoms with van der Waals surface area (Å²) < 4.78 is 7.40. The monoisotopic (exact) mass is 353 g/mol. The Balaban J connectivity index is 1.38. The van der Waals surface area contributed by atoms with Crippen molar-refractivity contribution in [1.82, 2.24) is 15.2 Å². The molecule has 1 aliphatic heterocycles. The van der Waals surface area contributed by atoms with E-state index in [1.54, 1.807) is 0 Å². The lowest BCUT2D eigenvalue weighted by atomic mass is 9.85. The van der Waals surface area contributed by atoms with Gasteiger partial charge in [0.25, 0.3) is 5.91 Å². The molecule has 0 unspecified atom stereocenters. The average Bonchev–Trinajstić information content (AvgIpc) is 3.06. The van der Waals surface area contributed by atoms with Crippen molar-refractivity contribution in [2.45, 2.75) is 43.8 Å². The second-order valence-corrected chi connectivity index (χ2v) is 7.35. The predicted molar refractivity (Wildman–Crippen MR) is 102 cm³/mol. The van der Waals surface area contributed by atoms with Crippen LogP contribution in [0.2, 0.25) is 0 Å². The van der Waals surface area contributed by atoms with E-state index in [4.69, 9.17) is 4.74 Å². The van der Waals surface area contributed by atoms with E-state index in [1.165, 1.54) is 0 Å². The molecular weight excluding hydrogens is 326 g/mol. The minimum atomic E-state index is 0.0122. The highest BCUT2D eigenvalue weighted by Crippen LogP contribution is 2.24. The number of nitrogens with zero attached hydrogens (tertiary/aromatic N) is 1. The molecular formula is C21H27N3O2. The van der Waals surface area contributed by atoms with Crippen molar-refractivity contribution in [2.24, 2.45) is 7.05 Å². The molecule has 2 fully saturated rings. The third-order valence-corrected chi connectivity index (χ3v) is 5.69. The molecule has 2 heterocycles. The van der Waals surface area contributed by atoms with E-state index in [1.807, 2.05) is 41.9 Å². The minimum absolute atomic E-state index is 0.0122. The van der Waals surface area contributed by atoms with Gasteiger partial charge in [-0.15, -0.1) is 0 Å². The van der Waals surface area contributed by atoms with Crippen LogP contribution in [0.15, 0.2) is 42.5 Å². The first kappa shape index (κ1) is 17.3. The van der Waals surface area contributed by atoms with Gasteiger partial charge in [0.05, 0.1) is 0 Å². The van der Waals surface area contributed by atoms with Crippen LogP contribution in [0.3, 0.4) is 0 Å². The van der Waals surface area contributed by atoms with Gasteiger partial charge in [-0.05, 0) is 43.4 Å². The van der Waals surface area contributed by atoms with E-state index >= 15 is 0 Å². The van der Waals surface area contributed by atoms with Gasteiger partial charge in [0.2, 0.25) is 0 Å². The first-order valence-corrected chi connectivity index (χ1v) is 9.58. The van der Waals surface area contributed by atoms with Crippen LogP contribution in [-0.4, -0.2) is 41.8 Å². The van der Waals surface area contributed by atoms with Crippen molar-refractivity contribution in [3.63, 3.8) is 0 Å². The Kier molecular flexibility index (Phi) is 5.09. The van der Waals surface area contributed by atoms with Crippen molar-refractivity contribution in [3.05, 3.63) is 48.2 Å². The zero-order valence-electron chi connectivity index (χ0n) is 15.3. The summed E-state index contributed by atoms with van der Waals surface area (Å²) in [6.07, 6.45) is 4.30. The summed E-state index contributed by atoms with van der Waals surface area (Å²) in [5.41, 5.74) is 2.89. The van der Waals surface area contributed by atoms with Gasteiger partial charge >= 0.3 is 0 Å². The molecule has 0 spiro atoms. The molecule has 2 aliphatic rings. The molecule has 0 bridgehead atoms. The third kappa shape index (κ3) is 3.55. The lowest BCUT2D eigenvalue weighted by Gasteiger charge is -2.41. The molecule has 1 aromatic heterocycles. The molecule has 1 amide bonds. The molecule has 5 heteroatoms. The first-order valence-electron chi connectivity index (χ1n) is 9.58. The molecule has 1 saturated carbocycles. The number of hydrogen-bond acceptors (Lipinski definition) is 3. The second-order valence-electron chi connectivity index (χ2n) is 7.35. The van der Waals surface area contributed by atoms with Gasteiger partial charge in [0.15, 0.2) is 0 Å². The number of aromatic nitrogens is 1. The van der Waals surface area contributed by atoms with Gasteiger partial charge in [-0.2, -0.15) is 0 Å². The first-order chi connectivity index (χ1) is 12.7. The number of benzene rings is 1. The van der Waals surface area contributed by atoms with Crippen molar-refractivity contribution in [1.29, 1.82) is 0 Å². The zero-order valence-corrected chi connectivity index (χ0v) is 15.3. The van der Waals surface area contributed by atoms with Crippen LogP contribution in [0.4, 0.5) is 0 Å². The number of amides is 1. The minimum Gasteiger partial charge on any atom is -0.381 e. The Morgan fingerprint density at radius 3 is 2.42 bits per heavy atom. The Hall–Kier alpha value is -2.11. The van der Waals surface area contributed by atoms with Crippen molar-refractivity contribution in [2.75, 3.05) is 13.2 Å². The Bertz CT molecular complexity index is 750. The fraction of sp³-hybridized carbons (Fsp3) is 0.476. The number of carbonyl (C=O) groups excluding carboxylic acids is 1. The van der Waals surface area contributed by atoms with Crippen molar-refractivity contribution in [3.8, 4) is 11.3 Å². The van der Waals surface area contributed by atoms with Gasteiger partial charge in [0.1, 0.15) is 5.69 Å². The third-order valence-electron chi connectivity index (χ3n) is 5.69. The standard InChI is InChI=1S/C21H27N3O2/c1-24-19(15-5-3-2-4-6-15)9-10-20(24)21(25)23-18-8-7-17(18)22-16-11-13-26-14-12-16/h2-6,9-10,16-18,22H,7-8,11-14H2,1H3,(H,23,25)/t17-,18+/m1/s1. The van der Waals surface area contributed by atoms with Gasteiger partial charge < -0.3 is 19.9 Å². The van der Waals surface area contributed by atoms with Crippen LogP contribution in [0.5, 0.6) is 0 Å². The van der Waals surface area contributed by atoms with Crippen LogP contribution in [-0.2, 0) is 11.8 Å². The quantitative estimate of drug-likeness (QED) is 0.869. The van der Waals surface area contributed by atoms with Crippen molar-refractivity contribution >= 4 is 5.91 Å². The summed E-state index contributed by atoms with van der Waals surface area (Å²) in [7, 11) is 1.95. The topological polar surface area (TPSA) is 55.3 Å². The normalized spacial score (nSPS) is 23.4. The molecule has 0 radical (unpaired) electrons. The largest absolute Gasteiger partial charge is 0.381 e. The number of carbonyl (C=O) groups is 1. The zero-order chi connectivity index (χ0) is 17.9. The molecule has 1 aliphatic carbocycles. The molecule has 2 N–H and O–H groups in total. The maximum absolute atomic E-state index is 12.8. The van der Waals surface area contributed by atoms with Gasteiger partial charge in [-0.25, -0.2) is 0 Å². The summed E-state index contributed by atoms with van der Waals surface area (Å²) in [6.45, 7) is 1.68. The summed E-state index contributed by atoms with van der Waals surface area (Å²) >= 11 is 0. The number of hydrogen-bond donors (Lipinski definition) is 2. The fourth-order valence-corrected chi connectivity index (χ4v) is 3.92. The molecule has 2 aromatic rings. The van der Waals surface area contributed by atoms with Gasteiger partial charge in [-0.3, -0.25) is 4.79 Å². The molecule has 26 heavy (non-hydrogen) atoms. The smallest absolute Gasteiger partial charge is 0.268 e. The van der Waals surface area contributed by atoms with E-state index in [-0.39, 0.29) is 11.9 Å². The predicted octanol–water partition coefficient (Wildman–Crippen LogP) is 2.72. The SMILES string of the molecule is Cn1c(C(=O)N[C@H]2CC[C@H]2NC2CCOCC2)ccc1-c1ccccc1. The molecule has 4 rings (SSSR count). The fourth-order valence-electron chi connectivity index (χ4n) is 3.92. The van der Waals surface area contributed by atoms with Crippen LogP contribution in [0.1, 0.15) is 36.2 Å². The maximum Gasteiger partial charge on any atom is 0.268 e. The molecule has 1 saturated heterocycles. The Labute approximate surface area is 154 Å². The summed E-state index contributed by atoms with van der Waals surface area (Å²) in [6, 6.07) is 15.2. The Morgan fingerprint density at radius 2 is 1.73 bits per heavy atom. The molecule has 2 atom stereocenters. The molecule has 5 nitrogen and oxygen atoms in total. The summed E-state index contributed by atoms with van der Waals surface area (Å²) in [4.78, 5) is 12.8. The highest BCUT2D eigenvalue weighted by Gasteiger charge is 2.34. The van der Waals surface area contributed by atoms with Crippen molar-refractivity contribution < 1.29 is 9.53 Å². The second kappa shape index (κ2) is 7.64. The average molecular weight is 353 g/mol. The maximum atomic E-state index is 12.8. The number of rotatable bonds is 5. The van der Waals surface area contributed by atoms with E-state index in [2.05, 4.69) is 22.8 Å². The van der Waals surface area contributed by atoms with Crippen LogP contribution >= 0.6 is 0 Å². The van der Waals surface area contributed by atoms with E-state index in [9.17, 15) is 4.79 Å². The highest BCUT2D eigenvalue weighted by atomic mass is 16.5. The van der Waals surface area contributed by atoms with E-state index in [0.717, 1.165) is 50.2 Å². The number of nitrogens with one attached hydrogen (secondary N) is 2. The van der Waals surface area contributed by atoms with Crippen LogP contribution in [0.25, 0.3) is 11.3 Å². The number of ether oxygens (including phenoxy) is 1. The summed E-state index contributed by atoms with van der Waals surface area (Å²) in [5.74, 6) is 0.0122. The lowest BCUT2D eigenvalue weighted by Crippen LogP contribution is -2.59.